The number of amides is 1. The summed E-state index contributed by atoms with van der Waals surface area (Å²) < 4.78 is 5.36. The van der Waals surface area contributed by atoms with E-state index in [2.05, 4.69) is 6.92 Å². The van der Waals surface area contributed by atoms with Gasteiger partial charge in [-0.05, 0) is 39.5 Å². The Morgan fingerprint density at radius 3 is 2.80 bits per heavy atom. The summed E-state index contributed by atoms with van der Waals surface area (Å²) in [5.74, 6) is 0.162. The maximum atomic E-state index is 11.9. The predicted octanol–water partition coefficient (Wildman–Crippen LogP) is 2.20. The average Bonchev–Trinajstić information content (AvgIpc) is 2.25. The topological polar surface area (TPSA) is 29.5 Å². The molecule has 0 spiro atoms. The summed E-state index contributed by atoms with van der Waals surface area (Å²) in [5.41, 5.74) is 0. The molecule has 15 heavy (non-hydrogen) atoms. The third-order valence-electron chi connectivity index (χ3n) is 2.96. The lowest BCUT2D eigenvalue weighted by atomic mass is 10.00. The van der Waals surface area contributed by atoms with Gasteiger partial charge < -0.3 is 9.64 Å². The Labute approximate surface area is 92.8 Å². The van der Waals surface area contributed by atoms with E-state index in [0.29, 0.717) is 6.04 Å². The Kier molecular flexibility index (Phi) is 5.09. The van der Waals surface area contributed by atoms with Crippen molar-refractivity contribution < 1.29 is 9.53 Å². The highest BCUT2D eigenvalue weighted by Crippen LogP contribution is 2.19. The summed E-state index contributed by atoms with van der Waals surface area (Å²) in [7, 11) is 0. The van der Waals surface area contributed by atoms with Crippen molar-refractivity contribution in [1.29, 1.82) is 0 Å². The minimum Gasteiger partial charge on any atom is -0.369 e. The molecule has 0 N–H and O–H groups in total. The van der Waals surface area contributed by atoms with Gasteiger partial charge in [0.1, 0.15) is 6.61 Å². The molecular formula is C12H23NO2. The van der Waals surface area contributed by atoms with Crippen LogP contribution in [0.5, 0.6) is 0 Å². The molecule has 3 heteroatoms. The van der Waals surface area contributed by atoms with Crippen molar-refractivity contribution >= 4 is 5.91 Å². The Bertz CT molecular complexity index is 204. The SMILES string of the molecule is CCC1CCCCN1C(=O)COC(C)C. The van der Waals surface area contributed by atoms with E-state index in [4.69, 9.17) is 4.74 Å². The third kappa shape index (κ3) is 3.82. The van der Waals surface area contributed by atoms with Gasteiger partial charge >= 0.3 is 0 Å². The molecule has 1 amide bonds. The molecule has 0 saturated carbocycles. The monoisotopic (exact) mass is 213 g/mol. The lowest BCUT2D eigenvalue weighted by molar-refractivity contribution is -0.141. The summed E-state index contributed by atoms with van der Waals surface area (Å²) in [6, 6.07) is 0.446. The fourth-order valence-electron chi connectivity index (χ4n) is 2.07. The van der Waals surface area contributed by atoms with Crippen LogP contribution in [0.25, 0.3) is 0 Å². The van der Waals surface area contributed by atoms with Gasteiger partial charge in [-0.15, -0.1) is 0 Å². The van der Waals surface area contributed by atoms with Gasteiger partial charge in [0.2, 0.25) is 5.91 Å². The number of hydrogen-bond donors (Lipinski definition) is 0. The zero-order chi connectivity index (χ0) is 11.3. The summed E-state index contributed by atoms with van der Waals surface area (Å²) >= 11 is 0. The minimum absolute atomic E-state index is 0.138. The molecule has 1 heterocycles. The molecule has 1 rings (SSSR count). The zero-order valence-corrected chi connectivity index (χ0v) is 10.2. The van der Waals surface area contributed by atoms with Crippen LogP contribution < -0.4 is 0 Å². The van der Waals surface area contributed by atoms with Crippen LogP contribution in [0, 0.1) is 0 Å². The Balaban J connectivity index is 2.41. The summed E-state index contributed by atoms with van der Waals surface area (Å²) in [6.07, 6.45) is 4.76. The molecule has 1 aliphatic rings. The van der Waals surface area contributed by atoms with Gasteiger partial charge in [-0.1, -0.05) is 6.92 Å². The summed E-state index contributed by atoms with van der Waals surface area (Å²) in [6.45, 7) is 7.23. The molecule has 3 nitrogen and oxygen atoms in total. The maximum Gasteiger partial charge on any atom is 0.248 e. The number of piperidine rings is 1. The van der Waals surface area contributed by atoms with Crippen LogP contribution in [0.4, 0.5) is 0 Å². The first kappa shape index (κ1) is 12.5. The largest absolute Gasteiger partial charge is 0.369 e. The van der Waals surface area contributed by atoms with Crippen molar-refractivity contribution in [3.63, 3.8) is 0 Å². The van der Waals surface area contributed by atoms with Crippen LogP contribution in [-0.4, -0.2) is 36.1 Å². The highest BCUT2D eigenvalue weighted by molar-refractivity contribution is 5.77. The Morgan fingerprint density at radius 1 is 1.47 bits per heavy atom. The van der Waals surface area contributed by atoms with Crippen molar-refractivity contribution in [3.05, 3.63) is 0 Å². The quantitative estimate of drug-likeness (QED) is 0.716. The molecule has 0 aromatic rings. The lowest BCUT2D eigenvalue weighted by Gasteiger charge is -2.35. The van der Waals surface area contributed by atoms with Gasteiger partial charge in [0, 0.05) is 12.6 Å². The van der Waals surface area contributed by atoms with Crippen molar-refractivity contribution in [2.45, 2.75) is 58.6 Å². The minimum atomic E-state index is 0.138. The highest BCUT2D eigenvalue weighted by atomic mass is 16.5. The van der Waals surface area contributed by atoms with Gasteiger partial charge in [0.05, 0.1) is 6.10 Å². The van der Waals surface area contributed by atoms with Crippen molar-refractivity contribution in [3.8, 4) is 0 Å². The fraction of sp³-hybridized carbons (Fsp3) is 0.917. The van der Waals surface area contributed by atoms with E-state index in [0.717, 1.165) is 25.8 Å². The number of rotatable bonds is 4. The van der Waals surface area contributed by atoms with E-state index in [-0.39, 0.29) is 18.6 Å². The van der Waals surface area contributed by atoms with E-state index in [1.165, 1.54) is 6.42 Å². The third-order valence-corrected chi connectivity index (χ3v) is 2.96. The first-order chi connectivity index (χ1) is 7.15. The van der Waals surface area contributed by atoms with Gasteiger partial charge in [0.25, 0.3) is 0 Å². The van der Waals surface area contributed by atoms with Gasteiger partial charge in [0.15, 0.2) is 0 Å². The second-order valence-corrected chi connectivity index (χ2v) is 4.50. The van der Waals surface area contributed by atoms with Gasteiger partial charge in [-0.2, -0.15) is 0 Å². The standard InChI is InChI=1S/C12H23NO2/c1-4-11-7-5-6-8-13(11)12(14)9-15-10(2)3/h10-11H,4-9H2,1-3H3. The number of carbonyl (C=O) groups excluding carboxylic acids is 1. The normalized spacial score (nSPS) is 22.1. The number of hydrogen-bond acceptors (Lipinski definition) is 2. The molecular weight excluding hydrogens is 190 g/mol. The highest BCUT2D eigenvalue weighted by Gasteiger charge is 2.25. The van der Waals surface area contributed by atoms with E-state index in [9.17, 15) is 4.79 Å². The molecule has 1 aliphatic heterocycles. The molecule has 0 bridgehead atoms. The van der Waals surface area contributed by atoms with Crippen LogP contribution in [0.1, 0.15) is 46.5 Å². The zero-order valence-electron chi connectivity index (χ0n) is 10.2. The Morgan fingerprint density at radius 2 is 2.20 bits per heavy atom. The molecule has 1 fully saturated rings. The van der Waals surface area contributed by atoms with E-state index in [1.807, 2.05) is 18.7 Å². The number of nitrogens with zero attached hydrogens (tertiary/aromatic N) is 1. The lowest BCUT2D eigenvalue weighted by Crippen LogP contribution is -2.45. The second-order valence-electron chi connectivity index (χ2n) is 4.50. The first-order valence-electron chi connectivity index (χ1n) is 6.06. The van der Waals surface area contributed by atoms with E-state index < -0.39 is 0 Å². The summed E-state index contributed by atoms with van der Waals surface area (Å²) in [5, 5.41) is 0. The van der Waals surface area contributed by atoms with Crippen LogP contribution in [0.2, 0.25) is 0 Å². The number of ether oxygens (including phenoxy) is 1. The first-order valence-corrected chi connectivity index (χ1v) is 6.06. The molecule has 0 aromatic carbocycles. The van der Waals surface area contributed by atoms with Gasteiger partial charge in [-0.25, -0.2) is 0 Å². The fourth-order valence-corrected chi connectivity index (χ4v) is 2.07. The summed E-state index contributed by atoms with van der Waals surface area (Å²) in [4.78, 5) is 13.9. The van der Waals surface area contributed by atoms with E-state index in [1.54, 1.807) is 0 Å². The number of likely N-dealkylation sites (tertiary alicyclic amines) is 1. The van der Waals surface area contributed by atoms with Crippen molar-refractivity contribution in [2.75, 3.05) is 13.2 Å². The molecule has 1 atom stereocenters. The van der Waals surface area contributed by atoms with Crippen LogP contribution in [-0.2, 0) is 9.53 Å². The average molecular weight is 213 g/mol. The van der Waals surface area contributed by atoms with Crippen molar-refractivity contribution in [2.24, 2.45) is 0 Å². The van der Waals surface area contributed by atoms with Crippen LogP contribution >= 0.6 is 0 Å². The smallest absolute Gasteiger partial charge is 0.248 e. The Hall–Kier alpha value is -0.570. The molecule has 0 aliphatic carbocycles. The number of carbonyl (C=O) groups is 1. The van der Waals surface area contributed by atoms with Crippen LogP contribution in [0.15, 0.2) is 0 Å². The van der Waals surface area contributed by atoms with Gasteiger partial charge in [-0.3, -0.25) is 4.79 Å². The maximum absolute atomic E-state index is 11.9. The molecule has 0 radical (unpaired) electrons. The predicted molar refractivity (Wildman–Crippen MR) is 60.7 cm³/mol. The molecule has 1 saturated heterocycles. The molecule has 0 aromatic heterocycles. The van der Waals surface area contributed by atoms with Crippen molar-refractivity contribution in [1.82, 2.24) is 4.90 Å². The molecule has 88 valence electrons. The second kappa shape index (κ2) is 6.11. The molecule has 1 unspecified atom stereocenters. The van der Waals surface area contributed by atoms with E-state index >= 15 is 0 Å². The van der Waals surface area contributed by atoms with Crippen LogP contribution in [0.3, 0.4) is 0 Å².